The Morgan fingerprint density at radius 3 is 2.80 bits per heavy atom. The number of pyridine rings is 1. The van der Waals surface area contributed by atoms with Gasteiger partial charge in [0.05, 0.1) is 5.56 Å². The van der Waals surface area contributed by atoms with Gasteiger partial charge in [-0.3, -0.25) is 14.6 Å². The number of likely N-dealkylation sites (N-methyl/N-ethyl adjacent to an activating group) is 1. The van der Waals surface area contributed by atoms with Crippen LogP contribution in [0.5, 0.6) is 5.88 Å². The molecular formula is C9H13N3O3. The normalized spacial score (nSPS) is 9.93. The lowest BCUT2D eigenvalue weighted by molar-refractivity contribution is 0.0953. The number of aromatic hydroxyl groups is 1. The van der Waals surface area contributed by atoms with Gasteiger partial charge in [0.15, 0.2) is 5.88 Å². The van der Waals surface area contributed by atoms with Crippen LogP contribution in [0, 0.1) is 0 Å². The third-order valence-electron chi connectivity index (χ3n) is 1.75. The molecular weight excluding hydrogens is 198 g/mol. The van der Waals surface area contributed by atoms with E-state index in [2.05, 4.69) is 15.6 Å². The number of rotatable bonds is 4. The summed E-state index contributed by atoms with van der Waals surface area (Å²) >= 11 is 0. The standard InChI is InChI=1S/C9H13N3O3/c1-10-2-3-11-9(15)6-4-7(13)12-8(14)5-6/h4-5,10H,2-3H2,1H3,(H,11,15)(H2,12,13,14). The zero-order valence-corrected chi connectivity index (χ0v) is 8.33. The molecule has 0 spiro atoms. The highest BCUT2D eigenvalue weighted by Crippen LogP contribution is 2.03. The van der Waals surface area contributed by atoms with Gasteiger partial charge < -0.3 is 15.7 Å². The van der Waals surface area contributed by atoms with E-state index in [9.17, 15) is 9.59 Å². The Morgan fingerprint density at radius 2 is 2.20 bits per heavy atom. The van der Waals surface area contributed by atoms with E-state index >= 15 is 0 Å². The van der Waals surface area contributed by atoms with Crippen LogP contribution in [0.1, 0.15) is 10.4 Å². The Morgan fingerprint density at radius 1 is 1.47 bits per heavy atom. The van der Waals surface area contributed by atoms with Gasteiger partial charge in [0.25, 0.3) is 11.5 Å². The summed E-state index contributed by atoms with van der Waals surface area (Å²) in [6.45, 7) is 1.10. The molecule has 0 saturated carbocycles. The second kappa shape index (κ2) is 5.16. The first kappa shape index (κ1) is 11.3. The van der Waals surface area contributed by atoms with Crippen molar-refractivity contribution in [3.8, 4) is 5.88 Å². The molecule has 82 valence electrons. The van der Waals surface area contributed by atoms with Crippen LogP contribution in [0.3, 0.4) is 0 Å². The van der Waals surface area contributed by atoms with E-state index in [0.717, 1.165) is 6.07 Å². The van der Waals surface area contributed by atoms with Gasteiger partial charge in [-0.05, 0) is 7.05 Å². The van der Waals surface area contributed by atoms with Crippen molar-refractivity contribution < 1.29 is 9.90 Å². The zero-order valence-electron chi connectivity index (χ0n) is 8.33. The van der Waals surface area contributed by atoms with Gasteiger partial charge in [0, 0.05) is 25.2 Å². The van der Waals surface area contributed by atoms with Crippen molar-refractivity contribution in [1.82, 2.24) is 15.6 Å². The topological polar surface area (TPSA) is 94.2 Å². The van der Waals surface area contributed by atoms with Gasteiger partial charge >= 0.3 is 0 Å². The van der Waals surface area contributed by atoms with Gasteiger partial charge in [-0.2, -0.15) is 0 Å². The van der Waals surface area contributed by atoms with Crippen molar-refractivity contribution in [3.05, 3.63) is 28.0 Å². The van der Waals surface area contributed by atoms with E-state index in [0.29, 0.717) is 13.1 Å². The predicted molar refractivity (Wildman–Crippen MR) is 55.0 cm³/mol. The fraction of sp³-hybridized carbons (Fsp3) is 0.333. The Bertz CT molecular complexity index is 400. The van der Waals surface area contributed by atoms with E-state index in [4.69, 9.17) is 5.11 Å². The van der Waals surface area contributed by atoms with E-state index < -0.39 is 5.56 Å². The summed E-state index contributed by atoms with van der Waals surface area (Å²) in [7, 11) is 1.77. The largest absolute Gasteiger partial charge is 0.494 e. The smallest absolute Gasteiger partial charge is 0.251 e. The number of hydrogen-bond donors (Lipinski definition) is 4. The molecule has 6 nitrogen and oxygen atoms in total. The molecule has 0 fully saturated rings. The molecule has 1 amide bonds. The highest BCUT2D eigenvalue weighted by molar-refractivity contribution is 5.94. The second-order valence-electron chi connectivity index (χ2n) is 2.98. The van der Waals surface area contributed by atoms with Crippen molar-refractivity contribution in [3.63, 3.8) is 0 Å². The number of aromatic nitrogens is 1. The van der Waals surface area contributed by atoms with Crippen molar-refractivity contribution in [2.75, 3.05) is 20.1 Å². The average molecular weight is 211 g/mol. The molecule has 0 saturated heterocycles. The molecule has 15 heavy (non-hydrogen) atoms. The third kappa shape index (κ3) is 3.43. The zero-order chi connectivity index (χ0) is 11.3. The first-order valence-corrected chi connectivity index (χ1v) is 4.49. The summed E-state index contributed by atoms with van der Waals surface area (Å²) in [5, 5.41) is 14.5. The maximum atomic E-state index is 11.4. The van der Waals surface area contributed by atoms with Crippen LogP contribution in [0.15, 0.2) is 16.9 Å². The number of aromatic amines is 1. The first-order valence-electron chi connectivity index (χ1n) is 4.49. The Hall–Kier alpha value is -1.82. The van der Waals surface area contributed by atoms with Gasteiger partial charge in [-0.25, -0.2) is 0 Å². The number of nitrogens with one attached hydrogen (secondary N) is 3. The lowest BCUT2D eigenvalue weighted by atomic mass is 10.2. The third-order valence-corrected chi connectivity index (χ3v) is 1.75. The summed E-state index contributed by atoms with van der Waals surface area (Å²) in [5.41, 5.74) is -0.360. The Labute approximate surface area is 86.3 Å². The molecule has 0 aliphatic carbocycles. The molecule has 1 rings (SSSR count). The Kier molecular flexibility index (Phi) is 3.87. The molecule has 0 radical (unpaired) electrons. The second-order valence-corrected chi connectivity index (χ2v) is 2.98. The fourth-order valence-corrected chi connectivity index (χ4v) is 1.06. The molecule has 1 aromatic rings. The lowest BCUT2D eigenvalue weighted by Crippen LogP contribution is -2.31. The van der Waals surface area contributed by atoms with Crippen LogP contribution in [0.4, 0.5) is 0 Å². The molecule has 0 aromatic carbocycles. The minimum Gasteiger partial charge on any atom is -0.494 e. The summed E-state index contributed by atoms with van der Waals surface area (Å²) in [5.74, 6) is -0.701. The number of hydrogen-bond acceptors (Lipinski definition) is 4. The summed E-state index contributed by atoms with van der Waals surface area (Å²) in [6, 6.07) is 2.34. The molecule has 6 heteroatoms. The SMILES string of the molecule is CNCCNC(=O)c1cc(O)[nH]c(=O)c1. The predicted octanol–water partition coefficient (Wildman–Crippen LogP) is -0.970. The van der Waals surface area contributed by atoms with Gasteiger partial charge in [0.1, 0.15) is 0 Å². The van der Waals surface area contributed by atoms with Crippen LogP contribution in [-0.4, -0.2) is 36.1 Å². The molecule has 0 unspecified atom stereocenters. The number of carbonyl (C=O) groups excluding carboxylic acids is 1. The number of carbonyl (C=O) groups is 1. The van der Waals surface area contributed by atoms with Crippen molar-refractivity contribution in [1.29, 1.82) is 0 Å². The van der Waals surface area contributed by atoms with Crippen LogP contribution in [0.25, 0.3) is 0 Å². The highest BCUT2D eigenvalue weighted by atomic mass is 16.3. The van der Waals surface area contributed by atoms with Crippen molar-refractivity contribution in [2.45, 2.75) is 0 Å². The molecule has 4 N–H and O–H groups in total. The molecule has 0 atom stereocenters. The quantitative estimate of drug-likeness (QED) is 0.482. The maximum absolute atomic E-state index is 11.4. The van der Waals surface area contributed by atoms with E-state index in [-0.39, 0.29) is 17.4 Å². The summed E-state index contributed by atoms with van der Waals surface area (Å²) in [6.07, 6.45) is 0. The van der Waals surface area contributed by atoms with E-state index in [1.54, 1.807) is 7.05 Å². The van der Waals surface area contributed by atoms with Crippen molar-refractivity contribution in [2.24, 2.45) is 0 Å². The Balaban J connectivity index is 2.69. The maximum Gasteiger partial charge on any atom is 0.251 e. The highest BCUT2D eigenvalue weighted by Gasteiger charge is 2.06. The van der Waals surface area contributed by atoms with Crippen LogP contribution in [-0.2, 0) is 0 Å². The molecule has 1 aromatic heterocycles. The monoisotopic (exact) mass is 211 g/mol. The minimum atomic E-state index is -0.506. The van der Waals surface area contributed by atoms with Gasteiger partial charge in [-0.15, -0.1) is 0 Å². The van der Waals surface area contributed by atoms with Gasteiger partial charge in [0.2, 0.25) is 0 Å². The number of H-pyrrole nitrogens is 1. The molecule has 0 bridgehead atoms. The van der Waals surface area contributed by atoms with E-state index in [1.165, 1.54) is 6.07 Å². The summed E-state index contributed by atoms with van der Waals surface area (Å²) < 4.78 is 0. The summed E-state index contributed by atoms with van der Waals surface area (Å²) in [4.78, 5) is 24.5. The first-order chi connectivity index (χ1) is 7.13. The fourth-order valence-electron chi connectivity index (χ4n) is 1.06. The van der Waals surface area contributed by atoms with Crippen LogP contribution < -0.4 is 16.2 Å². The molecule has 0 aliphatic rings. The number of amides is 1. The van der Waals surface area contributed by atoms with E-state index in [1.807, 2.05) is 0 Å². The molecule has 0 aliphatic heterocycles. The van der Waals surface area contributed by atoms with Crippen LogP contribution >= 0.6 is 0 Å². The average Bonchev–Trinajstić information content (AvgIpc) is 2.16. The van der Waals surface area contributed by atoms with Crippen molar-refractivity contribution >= 4 is 5.91 Å². The lowest BCUT2D eigenvalue weighted by Gasteiger charge is -2.04. The minimum absolute atomic E-state index is 0.146. The van der Waals surface area contributed by atoms with Gasteiger partial charge in [-0.1, -0.05) is 0 Å². The van der Waals surface area contributed by atoms with Crippen LogP contribution in [0.2, 0.25) is 0 Å². The molecule has 1 heterocycles.